The Morgan fingerprint density at radius 1 is 1.00 bits per heavy atom. The molecule has 1 fully saturated rings. The molecule has 0 unspecified atom stereocenters. The molecule has 2 aliphatic rings. The Kier molecular flexibility index (Phi) is 6.23. The quantitative estimate of drug-likeness (QED) is 0.541. The predicted octanol–water partition coefficient (Wildman–Crippen LogP) is -0.183. The van der Waals surface area contributed by atoms with Gasteiger partial charge in [-0.3, -0.25) is 14.5 Å². The van der Waals surface area contributed by atoms with Gasteiger partial charge in [0.15, 0.2) is 18.1 Å². The standard InChI is InChI=1S/C25H31N3O3/c1-3-19-9-11-20(12-10-19)23(29)17-25(31)21-7-5-6-8-22(21)28(24(25)30)18-27-15-13-26(4-2)14-16-27/h5-12,31H,3-4,13-18H2,1-2H3/p+2/t25-/m1/s1. The van der Waals surface area contributed by atoms with Gasteiger partial charge in [-0.15, -0.1) is 0 Å². The number of fused-ring (bicyclic) bond motifs is 1. The van der Waals surface area contributed by atoms with E-state index < -0.39 is 5.60 Å². The van der Waals surface area contributed by atoms with E-state index in [1.165, 1.54) is 4.90 Å². The van der Waals surface area contributed by atoms with E-state index in [0.717, 1.165) is 50.4 Å². The molecule has 6 nitrogen and oxygen atoms in total. The van der Waals surface area contributed by atoms with E-state index >= 15 is 0 Å². The fourth-order valence-corrected chi connectivity index (χ4v) is 4.79. The van der Waals surface area contributed by atoms with Crippen molar-refractivity contribution >= 4 is 17.4 Å². The van der Waals surface area contributed by atoms with Gasteiger partial charge in [0.25, 0.3) is 5.91 Å². The Balaban J connectivity index is 1.55. The van der Waals surface area contributed by atoms with Crippen LogP contribution in [0.5, 0.6) is 0 Å². The normalized spacial score (nSPS) is 25.5. The van der Waals surface area contributed by atoms with Gasteiger partial charge in [0.05, 0.1) is 18.7 Å². The molecule has 0 spiro atoms. The van der Waals surface area contributed by atoms with Gasteiger partial charge < -0.3 is 14.9 Å². The Bertz CT molecular complexity index is 951. The number of Topliss-reactive ketones (excluding diaryl/α,β-unsaturated/α-hetero) is 1. The summed E-state index contributed by atoms with van der Waals surface area (Å²) >= 11 is 0. The van der Waals surface area contributed by atoms with E-state index in [-0.39, 0.29) is 18.1 Å². The third-order valence-corrected chi connectivity index (χ3v) is 6.89. The van der Waals surface area contributed by atoms with Crippen LogP contribution in [-0.2, 0) is 16.8 Å². The molecule has 2 heterocycles. The van der Waals surface area contributed by atoms with Crippen LogP contribution in [0, 0.1) is 0 Å². The van der Waals surface area contributed by atoms with Gasteiger partial charge in [-0.05, 0) is 25.0 Å². The highest BCUT2D eigenvalue weighted by Crippen LogP contribution is 2.42. The van der Waals surface area contributed by atoms with Gasteiger partial charge in [-0.2, -0.15) is 0 Å². The number of hydrogen-bond donors (Lipinski definition) is 3. The van der Waals surface area contributed by atoms with Crippen LogP contribution in [0.2, 0.25) is 0 Å². The molecule has 0 bridgehead atoms. The predicted molar refractivity (Wildman–Crippen MR) is 119 cm³/mol. The first-order valence-electron chi connectivity index (χ1n) is 11.4. The fraction of sp³-hybridized carbons (Fsp3) is 0.440. The van der Waals surface area contributed by atoms with E-state index in [1.807, 2.05) is 30.3 Å². The van der Waals surface area contributed by atoms with Crippen molar-refractivity contribution in [2.24, 2.45) is 0 Å². The van der Waals surface area contributed by atoms with Crippen molar-refractivity contribution in [1.29, 1.82) is 0 Å². The SMILES string of the molecule is CCc1ccc(C(=O)C[C@]2(O)C(=O)N(C[NH+]3CC[NH+](CC)CC3)c3ccccc32)cc1. The minimum atomic E-state index is -1.81. The van der Waals surface area contributed by atoms with Gasteiger partial charge in [0.2, 0.25) is 0 Å². The average Bonchev–Trinajstić information content (AvgIpc) is 3.01. The summed E-state index contributed by atoms with van der Waals surface area (Å²) in [5, 5.41) is 11.5. The fourth-order valence-electron chi connectivity index (χ4n) is 4.79. The molecule has 1 atom stereocenters. The smallest absolute Gasteiger partial charge is 0.268 e. The van der Waals surface area contributed by atoms with Crippen molar-refractivity contribution in [2.75, 3.05) is 44.3 Å². The second kappa shape index (κ2) is 8.91. The minimum Gasteiger partial charge on any atom is -0.375 e. The Morgan fingerprint density at radius 3 is 2.29 bits per heavy atom. The summed E-state index contributed by atoms with van der Waals surface area (Å²) in [6.45, 7) is 10.1. The highest BCUT2D eigenvalue weighted by Gasteiger charge is 2.51. The first-order chi connectivity index (χ1) is 15.0. The first kappa shape index (κ1) is 21.7. The zero-order valence-electron chi connectivity index (χ0n) is 18.5. The number of nitrogens with zero attached hydrogens (tertiary/aromatic N) is 1. The molecule has 2 aliphatic heterocycles. The molecule has 2 aromatic rings. The summed E-state index contributed by atoms with van der Waals surface area (Å²) in [7, 11) is 0. The summed E-state index contributed by atoms with van der Waals surface area (Å²) in [5.74, 6) is -0.604. The maximum absolute atomic E-state index is 13.5. The molecule has 1 saturated heterocycles. The number of hydrogen-bond acceptors (Lipinski definition) is 3. The van der Waals surface area contributed by atoms with E-state index in [0.29, 0.717) is 17.8 Å². The van der Waals surface area contributed by atoms with Crippen LogP contribution in [0.25, 0.3) is 0 Å². The van der Waals surface area contributed by atoms with Crippen LogP contribution in [0.4, 0.5) is 5.69 Å². The number of anilines is 1. The number of carbonyl (C=O) groups is 2. The number of piperazine rings is 1. The lowest BCUT2D eigenvalue weighted by atomic mass is 9.88. The molecule has 0 aliphatic carbocycles. The highest BCUT2D eigenvalue weighted by atomic mass is 16.3. The first-order valence-corrected chi connectivity index (χ1v) is 11.4. The number of likely N-dealkylation sites (N-methyl/N-ethyl adjacent to an activating group) is 1. The van der Waals surface area contributed by atoms with Crippen LogP contribution in [0.1, 0.15) is 41.8 Å². The topological polar surface area (TPSA) is 66.5 Å². The lowest BCUT2D eigenvalue weighted by Crippen LogP contribution is -3.28. The van der Waals surface area contributed by atoms with Crippen LogP contribution in [-0.4, -0.2) is 56.2 Å². The third-order valence-electron chi connectivity index (χ3n) is 6.89. The van der Waals surface area contributed by atoms with Gasteiger partial charge in [-0.1, -0.05) is 49.4 Å². The van der Waals surface area contributed by atoms with Crippen LogP contribution in [0.3, 0.4) is 0 Å². The molecular weight excluding hydrogens is 390 g/mol. The molecule has 0 aromatic heterocycles. The number of para-hydroxylation sites is 1. The van der Waals surface area contributed by atoms with Crippen molar-refractivity contribution in [3.63, 3.8) is 0 Å². The Hall–Kier alpha value is -2.54. The number of aliphatic hydroxyl groups is 1. The molecule has 0 saturated carbocycles. The zero-order valence-corrected chi connectivity index (χ0v) is 18.5. The number of carbonyl (C=O) groups excluding carboxylic acids is 2. The van der Waals surface area contributed by atoms with Crippen LogP contribution < -0.4 is 14.7 Å². The lowest BCUT2D eigenvalue weighted by molar-refractivity contribution is -1.01. The zero-order chi connectivity index (χ0) is 22.0. The van der Waals surface area contributed by atoms with Crippen molar-refractivity contribution in [2.45, 2.75) is 32.3 Å². The molecule has 1 amide bonds. The monoisotopic (exact) mass is 423 g/mol. The largest absolute Gasteiger partial charge is 0.375 e. The summed E-state index contributed by atoms with van der Waals surface area (Å²) in [6.07, 6.45) is 0.656. The average molecular weight is 424 g/mol. The van der Waals surface area contributed by atoms with E-state index in [4.69, 9.17) is 0 Å². The summed E-state index contributed by atoms with van der Waals surface area (Å²) < 4.78 is 0. The second-order valence-corrected chi connectivity index (χ2v) is 8.77. The third kappa shape index (κ3) is 4.15. The molecule has 3 N–H and O–H groups in total. The molecule has 0 radical (unpaired) electrons. The van der Waals surface area contributed by atoms with Gasteiger partial charge in [-0.25, -0.2) is 0 Å². The summed E-state index contributed by atoms with van der Waals surface area (Å²) in [4.78, 5) is 31.1. The summed E-state index contributed by atoms with van der Waals surface area (Å²) in [6, 6.07) is 14.8. The maximum atomic E-state index is 13.5. The number of aryl methyl sites for hydroxylation is 1. The Morgan fingerprint density at radius 2 is 1.65 bits per heavy atom. The number of ketones is 1. The lowest BCUT2D eigenvalue weighted by Gasteiger charge is -2.32. The van der Waals surface area contributed by atoms with Gasteiger partial charge >= 0.3 is 0 Å². The van der Waals surface area contributed by atoms with Crippen molar-refractivity contribution in [1.82, 2.24) is 0 Å². The second-order valence-electron chi connectivity index (χ2n) is 8.77. The van der Waals surface area contributed by atoms with Crippen molar-refractivity contribution in [3.05, 3.63) is 65.2 Å². The number of nitrogens with one attached hydrogen (secondary N) is 2. The van der Waals surface area contributed by atoms with Crippen LogP contribution >= 0.6 is 0 Å². The molecule has 6 heteroatoms. The maximum Gasteiger partial charge on any atom is 0.268 e. The molecule has 31 heavy (non-hydrogen) atoms. The van der Waals surface area contributed by atoms with E-state index in [9.17, 15) is 14.7 Å². The van der Waals surface area contributed by atoms with Crippen molar-refractivity contribution in [3.8, 4) is 0 Å². The van der Waals surface area contributed by atoms with E-state index in [2.05, 4.69) is 13.8 Å². The van der Waals surface area contributed by atoms with Crippen LogP contribution in [0.15, 0.2) is 48.5 Å². The molecule has 4 rings (SSSR count). The number of benzene rings is 2. The molecular formula is C25H33N3O3+2. The van der Waals surface area contributed by atoms with Gasteiger partial charge in [0.1, 0.15) is 26.2 Å². The minimum absolute atomic E-state index is 0.220. The molecule has 164 valence electrons. The van der Waals surface area contributed by atoms with Crippen molar-refractivity contribution < 1.29 is 24.5 Å². The van der Waals surface area contributed by atoms with Gasteiger partial charge in [0, 0.05) is 11.1 Å². The number of amides is 1. The number of rotatable bonds is 7. The Labute approximate surface area is 184 Å². The summed E-state index contributed by atoms with van der Waals surface area (Å²) in [5.41, 5.74) is 1.13. The number of quaternary nitrogens is 2. The highest BCUT2D eigenvalue weighted by molar-refractivity contribution is 6.10. The van der Waals surface area contributed by atoms with E-state index in [1.54, 1.807) is 28.0 Å². The molecule has 2 aromatic carbocycles.